The van der Waals surface area contributed by atoms with Gasteiger partial charge in [-0.25, -0.2) is 18.8 Å². The summed E-state index contributed by atoms with van der Waals surface area (Å²) in [4.78, 5) is 23.8. The Labute approximate surface area is 207 Å². The van der Waals surface area contributed by atoms with Gasteiger partial charge in [0.15, 0.2) is 0 Å². The van der Waals surface area contributed by atoms with E-state index >= 15 is 0 Å². The number of hydrogen-bond acceptors (Lipinski definition) is 8. The topological polar surface area (TPSA) is 118 Å². The number of ether oxygens (including phenoxy) is 1. The number of rotatable bonds is 12. The number of carboxylic acids is 1. The van der Waals surface area contributed by atoms with Crippen LogP contribution in [-0.4, -0.2) is 61.5 Å². The molecule has 2 aromatic carbocycles. The molecule has 0 bridgehead atoms. The van der Waals surface area contributed by atoms with Crippen molar-refractivity contribution < 1.29 is 33.2 Å². The third-order valence-electron chi connectivity index (χ3n) is 4.33. The molecule has 10 nitrogen and oxygen atoms in total. The number of nitrogens with one attached hydrogen (secondary N) is 1. The maximum absolute atomic E-state index is 13.3. The van der Waals surface area contributed by atoms with Crippen LogP contribution in [0.15, 0.2) is 54.6 Å². The van der Waals surface area contributed by atoms with E-state index in [9.17, 15) is 19.3 Å². The second-order valence-corrected chi connectivity index (χ2v) is 11.3. The summed E-state index contributed by atoms with van der Waals surface area (Å²) in [7, 11) is 2.73. The average Bonchev–Trinajstić information content (AvgIpc) is 2.76. The zero-order valence-corrected chi connectivity index (χ0v) is 21.9. The number of amides is 1. The van der Waals surface area contributed by atoms with Crippen molar-refractivity contribution in [1.82, 2.24) is 15.4 Å². The number of carboxylic acid groups (broad SMARTS) is 1. The number of carbonyl (C=O) groups is 2. The largest absolute Gasteiger partial charge is 0.480 e. The molecule has 0 radical (unpaired) electrons. The number of hydroxylamine groups is 4. The van der Waals surface area contributed by atoms with Crippen LogP contribution in [0.25, 0.3) is 0 Å². The highest BCUT2D eigenvalue weighted by Crippen LogP contribution is 2.64. The highest BCUT2D eigenvalue weighted by Gasteiger charge is 2.38. The van der Waals surface area contributed by atoms with Crippen molar-refractivity contribution in [2.24, 2.45) is 0 Å². The number of hydrogen-bond donors (Lipinski definition) is 2. The molecule has 0 saturated carbocycles. The molecule has 2 aromatic rings. The summed E-state index contributed by atoms with van der Waals surface area (Å²) in [5, 5.41) is 14.5. The van der Waals surface area contributed by atoms with Crippen LogP contribution >= 0.6 is 23.5 Å². The van der Waals surface area contributed by atoms with E-state index in [2.05, 4.69) is 21.2 Å². The first-order valence-corrected chi connectivity index (χ1v) is 12.8. The summed E-state index contributed by atoms with van der Waals surface area (Å²) in [5.74, 6) is -1.19. The summed E-state index contributed by atoms with van der Waals surface area (Å²) in [5.41, 5.74) is 2.05. The van der Waals surface area contributed by atoms with Crippen LogP contribution in [0.3, 0.4) is 0 Å². The molecule has 1 amide bonds. The fourth-order valence-corrected chi connectivity index (χ4v) is 5.29. The van der Waals surface area contributed by atoms with Crippen LogP contribution in [0.4, 0.5) is 4.79 Å². The lowest BCUT2D eigenvalue weighted by Gasteiger charge is -2.27. The summed E-state index contributed by atoms with van der Waals surface area (Å²) >= 11 is 3.40. The van der Waals surface area contributed by atoms with Crippen molar-refractivity contribution in [3.05, 3.63) is 71.3 Å². The van der Waals surface area contributed by atoms with Crippen LogP contribution in [0.1, 0.15) is 21.3 Å². The second kappa shape index (κ2) is 13.0. The van der Waals surface area contributed by atoms with Crippen LogP contribution in [0.2, 0.25) is 0 Å². The molecule has 12 heteroatoms. The van der Waals surface area contributed by atoms with Crippen molar-refractivity contribution >= 4 is 35.6 Å². The Bertz CT molecular complexity index is 976. The standard InChI is InChI=1S/C22H29BrN3O7P/c1-25(2)32-34(30,33-26(3)4)20(23)18-12-10-16(11-13-18)14-19(21(27)28)24-22(29)31-15-17-8-6-5-7-9-17/h5-13,19-20H,14-15H2,1-4H3,(H,24,29)(H,27,28). The predicted octanol–water partition coefficient (Wildman–Crippen LogP) is 4.18. The first-order valence-electron chi connectivity index (χ1n) is 10.3. The molecule has 0 aliphatic rings. The highest BCUT2D eigenvalue weighted by molar-refractivity contribution is 9.10. The maximum Gasteiger partial charge on any atom is 0.408 e. The molecule has 0 aromatic heterocycles. The summed E-state index contributed by atoms with van der Waals surface area (Å²) in [6.45, 7) is 0.0322. The van der Waals surface area contributed by atoms with Gasteiger partial charge in [-0.05, 0) is 16.7 Å². The number of aliphatic carboxylic acids is 1. The molecule has 34 heavy (non-hydrogen) atoms. The maximum atomic E-state index is 13.3. The van der Waals surface area contributed by atoms with Gasteiger partial charge in [0.05, 0.1) is 0 Å². The van der Waals surface area contributed by atoms with E-state index in [0.717, 1.165) is 5.56 Å². The van der Waals surface area contributed by atoms with Gasteiger partial charge in [0.1, 0.15) is 17.2 Å². The first-order chi connectivity index (χ1) is 16.0. The molecule has 0 heterocycles. The van der Waals surface area contributed by atoms with Gasteiger partial charge in [-0.3, -0.25) is 4.57 Å². The van der Waals surface area contributed by atoms with E-state index in [1.807, 2.05) is 18.2 Å². The van der Waals surface area contributed by atoms with E-state index in [4.69, 9.17) is 14.0 Å². The van der Waals surface area contributed by atoms with Crippen LogP contribution in [0, 0.1) is 0 Å². The van der Waals surface area contributed by atoms with E-state index in [1.165, 1.54) is 10.1 Å². The molecule has 2 unspecified atom stereocenters. The number of benzene rings is 2. The van der Waals surface area contributed by atoms with Gasteiger partial charge in [-0.2, -0.15) is 10.1 Å². The average molecular weight is 558 g/mol. The summed E-state index contributed by atoms with van der Waals surface area (Å²) < 4.78 is 28.4. The monoisotopic (exact) mass is 557 g/mol. The van der Waals surface area contributed by atoms with Crippen molar-refractivity contribution in [2.45, 2.75) is 23.6 Å². The lowest BCUT2D eigenvalue weighted by atomic mass is 10.0. The van der Waals surface area contributed by atoms with E-state index < -0.39 is 30.3 Å². The summed E-state index contributed by atoms with van der Waals surface area (Å²) in [6, 6.07) is 14.6. The quantitative estimate of drug-likeness (QED) is 0.225. The fraction of sp³-hybridized carbons (Fsp3) is 0.364. The van der Waals surface area contributed by atoms with Crippen molar-refractivity contribution in [2.75, 3.05) is 28.2 Å². The SMILES string of the molecule is CN(C)OP(=O)(ON(C)C)C(Br)c1ccc(CC(NC(=O)OCc2ccccc2)C(=O)O)cc1. The highest BCUT2D eigenvalue weighted by atomic mass is 79.9. The fourth-order valence-electron chi connectivity index (χ4n) is 2.89. The van der Waals surface area contributed by atoms with Crippen LogP contribution < -0.4 is 5.32 Å². The Kier molecular flexibility index (Phi) is 10.7. The van der Waals surface area contributed by atoms with Gasteiger partial charge in [0, 0.05) is 34.6 Å². The molecule has 0 fully saturated rings. The molecule has 2 atom stereocenters. The number of nitrogens with zero attached hydrogens (tertiary/aromatic N) is 2. The van der Waals surface area contributed by atoms with Gasteiger partial charge in [0.2, 0.25) is 0 Å². The Morgan fingerprint density at radius 3 is 2.03 bits per heavy atom. The minimum atomic E-state index is -3.65. The molecule has 0 aliphatic heterocycles. The lowest BCUT2D eigenvalue weighted by Crippen LogP contribution is -2.42. The van der Waals surface area contributed by atoms with Crippen LogP contribution in [-0.2, 0) is 36.4 Å². The summed E-state index contributed by atoms with van der Waals surface area (Å²) in [6.07, 6.45) is -0.792. The van der Waals surface area contributed by atoms with Gasteiger partial charge >= 0.3 is 19.7 Å². The molecule has 2 N–H and O–H groups in total. The number of alkyl halides is 1. The normalized spacial score (nSPS) is 13.5. The zero-order chi connectivity index (χ0) is 25.3. The predicted molar refractivity (Wildman–Crippen MR) is 130 cm³/mol. The van der Waals surface area contributed by atoms with E-state index in [-0.39, 0.29) is 13.0 Å². The van der Waals surface area contributed by atoms with Gasteiger partial charge in [-0.15, -0.1) is 0 Å². The molecule has 2 rings (SSSR count). The molecular weight excluding hydrogens is 529 g/mol. The molecule has 186 valence electrons. The van der Waals surface area contributed by atoms with Crippen molar-refractivity contribution in [3.8, 4) is 0 Å². The second-order valence-electron chi connectivity index (χ2n) is 7.71. The van der Waals surface area contributed by atoms with Crippen molar-refractivity contribution in [1.29, 1.82) is 0 Å². The molecule has 0 saturated heterocycles. The number of carbonyl (C=O) groups excluding carboxylic acids is 1. The molecular formula is C22H29BrN3O7P. The first kappa shape index (κ1) is 28.0. The smallest absolute Gasteiger partial charge is 0.408 e. The third-order valence-corrected chi connectivity index (χ3v) is 8.32. The molecule has 0 spiro atoms. The minimum Gasteiger partial charge on any atom is -0.480 e. The number of alkyl carbamates (subject to hydrolysis) is 1. The Morgan fingerprint density at radius 1 is 0.971 bits per heavy atom. The van der Waals surface area contributed by atoms with Gasteiger partial charge in [-0.1, -0.05) is 70.5 Å². The van der Waals surface area contributed by atoms with E-state index in [0.29, 0.717) is 11.1 Å². The van der Waals surface area contributed by atoms with Crippen molar-refractivity contribution in [3.63, 3.8) is 0 Å². The third kappa shape index (κ3) is 8.83. The Hall–Kier alpha value is -2.27. The minimum absolute atomic E-state index is 0.0308. The van der Waals surface area contributed by atoms with Gasteiger partial charge < -0.3 is 15.2 Å². The van der Waals surface area contributed by atoms with Gasteiger partial charge in [0.25, 0.3) is 0 Å². The van der Waals surface area contributed by atoms with Crippen LogP contribution in [0.5, 0.6) is 0 Å². The Balaban J connectivity index is 2.04. The Morgan fingerprint density at radius 2 is 1.53 bits per heavy atom. The zero-order valence-electron chi connectivity index (χ0n) is 19.4. The number of halogens is 1. The lowest BCUT2D eigenvalue weighted by molar-refractivity contribution is -0.139. The molecule has 0 aliphatic carbocycles. The van der Waals surface area contributed by atoms with E-state index in [1.54, 1.807) is 64.6 Å².